The largest absolute Gasteiger partial charge is 0.444 e. The lowest BCUT2D eigenvalue weighted by Gasteiger charge is -2.46. The van der Waals surface area contributed by atoms with Crippen molar-refractivity contribution in [3.05, 3.63) is 69.6 Å². The molecule has 2 aromatic carbocycles. The number of ether oxygens (including phenoxy) is 2. The van der Waals surface area contributed by atoms with E-state index in [1.165, 1.54) is 17.0 Å². The Morgan fingerprint density at radius 2 is 1.50 bits per heavy atom. The van der Waals surface area contributed by atoms with Gasteiger partial charge in [0.05, 0.1) is 35.9 Å². The number of carbonyl (C=O) groups is 4. The first-order valence-electron chi connectivity index (χ1n) is 14.5. The Kier molecular flexibility index (Phi) is 6.87. The molecule has 4 heterocycles. The highest BCUT2D eigenvalue weighted by Crippen LogP contribution is 2.51. The number of rotatable bonds is 2. The molecule has 6 rings (SSSR count). The van der Waals surface area contributed by atoms with Gasteiger partial charge in [-0.15, -0.1) is 0 Å². The molecule has 242 valence electrons. The molecule has 0 aliphatic carbocycles. The molecule has 2 unspecified atom stereocenters. The lowest BCUT2D eigenvalue weighted by Crippen LogP contribution is -2.72. The average molecular weight is 639 g/mol. The fourth-order valence-electron chi connectivity index (χ4n) is 6.06. The zero-order chi connectivity index (χ0) is 33.5. The van der Waals surface area contributed by atoms with Crippen molar-refractivity contribution >= 4 is 40.6 Å². The number of carbonyl (C=O) groups excluding carboxylic acids is 4. The van der Waals surface area contributed by atoms with Gasteiger partial charge in [0.2, 0.25) is 0 Å². The molecular formula is C31H32F2N6O7. The topological polar surface area (TPSA) is 154 Å². The normalized spacial score (nSPS) is 20.6. The van der Waals surface area contributed by atoms with Crippen LogP contribution in [0.2, 0.25) is 0 Å². The lowest BCUT2D eigenvalue weighted by molar-refractivity contribution is -0.138. The molecule has 2 saturated heterocycles. The van der Waals surface area contributed by atoms with Crippen molar-refractivity contribution in [1.29, 1.82) is 0 Å². The Labute approximate surface area is 261 Å². The van der Waals surface area contributed by atoms with Crippen molar-refractivity contribution in [3.63, 3.8) is 0 Å². The first kappa shape index (κ1) is 30.9. The summed E-state index contributed by atoms with van der Waals surface area (Å²) in [4.78, 5) is 70.9. The van der Waals surface area contributed by atoms with Crippen LogP contribution in [0.25, 0.3) is 10.8 Å². The summed E-state index contributed by atoms with van der Waals surface area (Å²) in [5.41, 5.74) is -3.98. The summed E-state index contributed by atoms with van der Waals surface area (Å²) < 4.78 is 40.4. The summed E-state index contributed by atoms with van der Waals surface area (Å²) in [5.74, 6) is -2.17. The highest BCUT2D eigenvalue weighted by atomic mass is 19.1. The summed E-state index contributed by atoms with van der Waals surface area (Å²) in [6.07, 6.45) is -1.65. The highest BCUT2D eigenvalue weighted by molar-refractivity contribution is 6.11. The molecule has 0 radical (unpaired) electrons. The SMILES string of the molecule is CC(C)(C)OC(=O)N1CC2(C1)NC(=O)N(C1c3n[nH]c(=O)c4cc(F)cc(c34)N(C(=O)OC(C)(C)C)C1c1ccc(F)cc1)C2=O. The molecule has 2 fully saturated rings. The number of halogens is 2. The van der Waals surface area contributed by atoms with E-state index in [1.54, 1.807) is 41.5 Å². The van der Waals surface area contributed by atoms with Crippen molar-refractivity contribution in [2.24, 2.45) is 0 Å². The fourth-order valence-corrected chi connectivity index (χ4v) is 6.06. The average Bonchev–Trinajstić information content (AvgIpc) is 3.17. The van der Waals surface area contributed by atoms with Gasteiger partial charge in [-0.25, -0.2) is 28.3 Å². The van der Waals surface area contributed by atoms with Crippen molar-refractivity contribution in [2.45, 2.75) is 70.4 Å². The zero-order valence-corrected chi connectivity index (χ0v) is 25.9. The third-order valence-electron chi connectivity index (χ3n) is 7.82. The molecule has 46 heavy (non-hydrogen) atoms. The van der Waals surface area contributed by atoms with E-state index in [1.807, 2.05) is 0 Å². The second kappa shape index (κ2) is 10.2. The smallest absolute Gasteiger partial charge is 0.415 e. The van der Waals surface area contributed by atoms with Crippen LogP contribution in [0, 0.1) is 11.6 Å². The predicted octanol–water partition coefficient (Wildman–Crippen LogP) is 4.28. The van der Waals surface area contributed by atoms with E-state index in [-0.39, 0.29) is 40.8 Å². The van der Waals surface area contributed by atoms with E-state index in [0.717, 1.165) is 34.1 Å². The number of H-pyrrole nitrogens is 1. The molecule has 0 bridgehead atoms. The number of aromatic amines is 1. The van der Waals surface area contributed by atoms with Gasteiger partial charge >= 0.3 is 18.2 Å². The Hall–Kier alpha value is -5.08. The monoisotopic (exact) mass is 638 g/mol. The second-order valence-corrected chi connectivity index (χ2v) is 13.6. The molecule has 3 aromatic rings. The van der Waals surface area contributed by atoms with Crippen LogP contribution in [0.4, 0.5) is 28.9 Å². The van der Waals surface area contributed by atoms with Crippen molar-refractivity contribution in [1.82, 2.24) is 25.3 Å². The Bertz CT molecular complexity index is 1860. The number of hydrogen-bond acceptors (Lipinski definition) is 8. The first-order valence-corrected chi connectivity index (χ1v) is 14.5. The minimum absolute atomic E-state index is 0.0115. The van der Waals surface area contributed by atoms with E-state index in [2.05, 4.69) is 15.5 Å². The third-order valence-corrected chi connectivity index (χ3v) is 7.82. The molecule has 13 nitrogen and oxygen atoms in total. The molecule has 15 heteroatoms. The van der Waals surface area contributed by atoms with Gasteiger partial charge in [0.25, 0.3) is 11.5 Å². The highest BCUT2D eigenvalue weighted by Gasteiger charge is 2.63. The maximum atomic E-state index is 15.1. The van der Waals surface area contributed by atoms with Gasteiger partial charge in [-0.05, 0) is 71.4 Å². The maximum Gasteiger partial charge on any atom is 0.415 e. The third kappa shape index (κ3) is 5.08. The Morgan fingerprint density at radius 1 is 0.891 bits per heavy atom. The Morgan fingerprint density at radius 3 is 2.11 bits per heavy atom. The fraction of sp³-hybridized carbons (Fsp3) is 0.419. The van der Waals surface area contributed by atoms with Gasteiger partial charge in [-0.3, -0.25) is 19.4 Å². The van der Waals surface area contributed by atoms with E-state index in [4.69, 9.17) is 9.47 Å². The number of hydrogen-bond donors (Lipinski definition) is 2. The van der Waals surface area contributed by atoms with Crippen LogP contribution in [0.1, 0.15) is 64.9 Å². The number of anilines is 1. The number of imide groups is 1. The quantitative estimate of drug-likeness (QED) is 0.395. The van der Waals surface area contributed by atoms with E-state index in [0.29, 0.717) is 0 Å². The van der Waals surface area contributed by atoms with Crippen LogP contribution in [0.5, 0.6) is 0 Å². The van der Waals surface area contributed by atoms with Gasteiger partial charge in [0.1, 0.15) is 28.9 Å². The standard InChI is InChI=1S/C31H32F2N6O7/c1-29(2,3)45-27(43)37-13-31(14-37)25(41)39(26(42)34-31)23-21-20-18(24(40)36-35-21)11-17(33)12-19(20)38(28(44)46-30(4,5)6)22(23)15-7-9-16(32)10-8-15/h7-12,22-23H,13-14H2,1-6H3,(H,34,42)(H,36,40). The van der Waals surface area contributed by atoms with Gasteiger partial charge in [-0.2, -0.15) is 5.10 Å². The minimum atomic E-state index is -1.51. The molecule has 0 saturated carbocycles. The number of nitrogens with one attached hydrogen (secondary N) is 2. The summed E-state index contributed by atoms with van der Waals surface area (Å²) in [6.45, 7) is 9.56. The van der Waals surface area contributed by atoms with E-state index in [9.17, 15) is 28.4 Å². The van der Waals surface area contributed by atoms with Crippen molar-refractivity contribution in [2.75, 3.05) is 18.0 Å². The molecular weight excluding hydrogens is 606 g/mol. The number of benzene rings is 2. The zero-order valence-electron chi connectivity index (χ0n) is 25.9. The number of amides is 5. The maximum absolute atomic E-state index is 15.1. The summed E-state index contributed by atoms with van der Waals surface area (Å²) in [7, 11) is 0. The van der Waals surface area contributed by atoms with Gasteiger partial charge < -0.3 is 19.7 Å². The predicted molar refractivity (Wildman–Crippen MR) is 159 cm³/mol. The van der Waals surface area contributed by atoms with Gasteiger partial charge in [0, 0.05) is 5.39 Å². The number of likely N-dealkylation sites (tertiary alicyclic amines) is 1. The molecule has 5 amide bonds. The number of aromatic nitrogens is 2. The molecule has 1 aromatic heterocycles. The number of urea groups is 1. The molecule has 2 N–H and O–H groups in total. The van der Waals surface area contributed by atoms with Crippen molar-refractivity contribution < 1.29 is 37.4 Å². The second-order valence-electron chi connectivity index (χ2n) is 13.6. The molecule has 1 spiro atoms. The van der Waals surface area contributed by atoms with Crippen LogP contribution >= 0.6 is 0 Å². The van der Waals surface area contributed by atoms with Crippen LogP contribution in [0.3, 0.4) is 0 Å². The van der Waals surface area contributed by atoms with Crippen LogP contribution in [-0.4, -0.2) is 74.0 Å². The summed E-state index contributed by atoms with van der Waals surface area (Å²) in [6, 6.07) is 3.38. The van der Waals surface area contributed by atoms with E-state index >= 15 is 4.39 Å². The van der Waals surface area contributed by atoms with E-state index < -0.39 is 70.1 Å². The van der Waals surface area contributed by atoms with Crippen LogP contribution in [-0.2, 0) is 14.3 Å². The molecule has 3 aliphatic heterocycles. The number of nitrogens with zero attached hydrogens (tertiary/aromatic N) is 4. The van der Waals surface area contributed by atoms with Gasteiger partial charge in [-0.1, -0.05) is 12.1 Å². The van der Waals surface area contributed by atoms with Crippen LogP contribution in [0.15, 0.2) is 41.2 Å². The summed E-state index contributed by atoms with van der Waals surface area (Å²) in [5, 5.41) is 9.06. The first-order chi connectivity index (χ1) is 21.4. The summed E-state index contributed by atoms with van der Waals surface area (Å²) >= 11 is 0. The molecule has 3 aliphatic rings. The minimum Gasteiger partial charge on any atom is -0.444 e. The van der Waals surface area contributed by atoms with Crippen molar-refractivity contribution in [3.8, 4) is 0 Å². The van der Waals surface area contributed by atoms with Crippen LogP contribution < -0.4 is 15.8 Å². The Balaban J connectivity index is 1.53. The van der Waals surface area contributed by atoms with Gasteiger partial charge in [0.15, 0.2) is 5.54 Å². The lowest BCUT2D eigenvalue weighted by atomic mass is 9.85. The molecule has 2 atom stereocenters.